The number of carboxylic acids is 1. The summed E-state index contributed by atoms with van der Waals surface area (Å²) in [6.45, 7) is 1.42. The largest absolute Gasteiger partial charge is 0.478 e. The fourth-order valence-electron chi connectivity index (χ4n) is 2.01. The van der Waals surface area contributed by atoms with Gasteiger partial charge in [0.25, 0.3) is 0 Å². The van der Waals surface area contributed by atoms with E-state index in [1.54, 1.807) is 0 Å². The van der Waals surface area contributed by atoms with Crippen LogP contribution in [0.3, 0.4) is 0 Å². The number of hydrogen-bond donors (Lipinski definition) is 1. The van der Waals surface area contributed by atoms with Gasteiger partial charge in [-0.2, -0.15) is 0 Å². The lowest BCUT2D eigenvalue weighted by Crippen LogP contribution is -2.23. The van der Waals surface area contributed by atoms with Gasteiger partial charge < -0.3 is 5.11 Å². The van der Waals surface area contributed by atoms with Crippen molar-refractivity contribution in [2.75, 3.05) is 5.75 Å². The molecule has 0 fully saturated rings. The van der Waals surface area contributed by atoms with Crippen LogP contribution in [0, 0.1) is 6.92 Å². The van der Waals surface area contributed by atoms with Crippen molar-refractivity contribution in [1.82, 2.24) is 0 Å². The van der Waals surface area contributed by atoms with Gasteiger partial charge in [0, 0.05) is 12.0 Å². The molecule has 1 aliphatic rings. The minimum absolute atomic E-state index is 0.0405. The molecule has 5 nitrogen and oxygen atoms in total. The molecule has 0 aliphatic carbocycles. The Morgan fingerprint density at radius 3 is 2.59 bits per heavy atom. The van der Waals surface area contributed by atoms with Crippen LogP contribution in [-0.2, 0) is 9.84 Å². The topological polar surface area (TPSA) is 88.5 Å². The van der Waals surface area contributed by atoms with Crippen LogP contribution in [0.4, 0.5) is 0 Å². The minimum atomic E-state index is -3.55. The van der Waals surface area contributed by atoms with E-state index in [9.17, 15) is 18.0 Å². The summed E-state index contributed by atoms with van der Waals surface area (Å²) in [4.78, 5) is 22.4. The van der Waals surface area contributed by atoms with Crippen LogP contribution in [0.1, 0.15) is 32.7 Å². The van der Waals surface area contributed by atoms with Crippen LogP contribution in [0.5, 0.6) is 0 Å². The van der Waals surface area contributed by atoms with Gasteiger partial charge in [-0.15, -0.1) is 0 Å². The maximum absolute atomic E-state index is 11.9. The van der Waals surface area contributed by atoms with E-state index >= 15 is 0 Å². The van der Waals surface area contributed by atoms with Gasteiger partial charge in [0.15, 0.2) is 15.6 Å². The van der Waals surface area contributed by atoms with Gasteiger partial charge >= 0.3 is 5.97 Å². The molecule has 0 unspecified atom stereocenters. The number of Topliss-reactive ketones (excluding diaryl/α,β-unsaturated/α-hetero) is 1. The molecule has 1 N–H and O–H groups in total. The van der Waals surface area contributed by atoms with E-state index in [2.05, 4.69) is 0 Å². The summed E-state index contributed by atoms with van der Waals surface area (Å²) in [7, 11) is -3.55. The molecule has 0 bridgehead atoms. The number of carboxylic acid groups (broad SMARTS) is 1. The third-order valence-electron chi connectivity index (χ3n) is 2.85. The lowest BCUT2D eigenvalue weighted by Gasteiger charge is -2.18. The molecule has 6 heteroatoms. The van der Waals surface area contributed by atoms with Crippen LogP contribution >= 0.6 is 0 Å². The molecule has 0 atom stereocenters. The monoisotopic (exact) mass is 254 g/mol. The Hall–Kier alpha value is -1.69. The molecule has 17 heavy (non-hydrogen) atoms. The molecule has 1 aromatic carbocycles. The molecule has 0 aromatic heterocycles. The third kappa shape index (κ3) is 1.74. The average Bonchev–Trinajstić information content (AvgIpc) is 2.23. The number of carbonyl (C=O) groups is 2. The smallest absolute Gasteiger partial charge is 0.335 e. The Morgan fingerprint density at radius 2 is 2.00 bits per heavy atom. The van der Waals surface area contributed by atoms with E-state index in [0.29, 0.717) is 0 Å². The van der Waals surface area contributed by atoms with Crippen LogP contribution in [0.25, 0.3) is 0 Å². The van der Waals surface area contributed by atoms with Gasteiger partial charge in [-0.1, -0.05) is 0 Å². The second-order valence-corrected chi connectivity index (χ2v) is 5.96. The van der Waals surface area contributed by atoms with Crippen LogP contribution < -0.4 is 0 Å². The molecule has 1 aromatic rings. The van der Waals surface area contributed by atoms with Gasteiger partial charge in [0.1, 0.15) is 0 Å². The normalized spacial score (nSPS) is 17.6. The molecule has 1 aliphatic heterocycles. The van der Waals surface area contributed by atoms with E-state index in [4.69, 9.17) is 5.11 Å². The van der Waals surface area contributed by atoms with Crippen LogP contribution in [-0.4, -0.2) is 31.0 Å². The number of fused-ring (bicyclic) bond motifs is 1. The predicted octanol–water partition coefficient (Wildman–Crippen LogP) is 1.05. The first-order valence-electron chi connectivity index (χ1n) is 4.97. The Morgan fingerprint density at radius 1 is 1.35 bits per heavy atom. The van der Waals surface area contributed by atoms with Crippen molar-refractivity contribution < 1.29 is 23.1 Å². The number of rotatable bonds is 1. The molecule has 0 amide bonds. The Labute approximate surface area is 98.0 Å². The Balaban J connectivity index is 2.85. The second kappa shape index (κ2) is 3.66. The quantitative estimate of drug-likeness (QED) is 0.809. The molecule has 0 radical (unpaired) electrons. The fraction of sp³-hybridized carbons (Fsp3) is 0.273. The summed E-state index contributed by atoms with van der Waals surface area (Å²) < 4.78 is 23.7. The molecule has 1 heterocycles. The van der Waals surface area contributed by atoms with Gasteiger partial charge in [0.2, 0.25) is 0 Å². The van der Waals surface area contributed by atoms with Gasteiger partial charge in [-0.25, -0.2) is 13.2 Å². The van der Waals surface area contributed by atoms with Crippen molar-refractivity contribution in [3.05, 3.63) is 28.8 Å². The molecule has 0 saturated carbocycles. The predicted molar refractivity (Wildman–Crippen MR) is 59.1 cm³/mol. The summed E-state index contributed by atoms with van der Waals surface area (Å²) in [5.74, 6) is -1.70. The van der Waals surface area contributed by atoms with Crippen LogP contribution in [0.2, 0.25) is 0 Å². The zero-order chi connectivity index (χ0) is 12.8. The molecule has 90 valence electrons. The number of carbonyl (C=O) groups excluding carboxylic acids is 1. The van der Waals surface area contributed by atoms with Crippen molar-refractivity contribution >= 4 is 21.6 Å². The van der Waals surface area contributed by atoms with Crippen molar-refractivity contribution in [2.24, 2.45) is 0 Å². The number of sulfone groups is 1. The van der Waals surface area contributed by atoms with Crippen molar-refractivity contribution in [1.29, 1.82) is 0 Å². The number of benzene rings is 1. The van der Waals surface area contributed by atoms with Crippen LogP contribution in [0.15, 0.2) is 17.0 Å². The van der Waals surface area contributed by atoms with Gasteiger partial charge in [-0.05, 0) is 24.6 Å². The lowest BCUT2D eigenvalue weighted by molar-refractivity contribution is 0.0695. The highest BCUT2D eigenvalue weighted by atomic mass is 32.2. The summed E-state index contributed by atoms with van der Waals surface area (Å²) >= 11 is 0. The summed E-state index contributed by atoms with van der Waals surface area (Å²) in [5.41, 5.74) is 0.170. The highest BCUT2D eigenvalue weighted by Gasteiger charge is 2.32. The number of ketones is 1. The first-order chi connectivity index (χ1) is 7.84. The summed E-state index contributed by atoms with van der Waals surface area (Å²) in [6, 6.07) is 2.56. The maximum Gasteiger partial charge on any atom is 0.335 e. The molecule has 0 saturated heterocycles. The molecular formula is C11H10O5S. The standard InChI is InChI=1S/C11H10O5S/c1-6-7(11(13)14)2-3-8-9(12)4-5-17(15,16)10(6)8/h2-3H,4-5H2,1H3,(H,13,14). The lowest BCUT2D eigenvalue weighted by atomic mass is 10.0. The van der Waals surface area contributed by atoms with Crippen molar-refractivity contribution in [2.45, 2.75) is 18.2 Å². The number of aromatic carboxylic acids is 1. The van der Waals surface area contributed by atoms with E-state index in [1.807, 2.05) is 0 Å². The van der Waals surface area contributed by atoms with Crippen molar-refractivity contribution in [3.63, 3.8) is 0 Å². The average molecular weight is 254 g/mol. The highest BCUT2D eigenvalue weighted by Crippen LogP contribution is 2.30. The fourth-order valence-corrected chi connectivity index (χ4v) is 3.76. The molecular weight excluding hydrogens is 244 g/mol. The molecule has 2 rings (SSSR count). The first-order valence-corrected chi connectivity index (χ1v) is 6.62. The van der Waals surface area contributed by atoms with E-state index < -0.39 is 15.8 Å². The zero-order valence-electron chi connectivity index (χ0n) is 9.06. The SMILES string of the molecule is Cc1c(C(=O)O)ccc2c1S(=O)(=O)CCC2=O. The highest BCUT2D eigenvalue weighted by molar-refractivity contribution is 7.91. The summed E-state index contributed by atoms with van der Waals surface area (Å²) in [5, 5.41) is 8.92. The third-order valence-corrected chi connectivity index (χ3v) is 4.74. The molecule has 0 spiro atoms. The van der Waals surface area contributed by atoms with E-state index in [0.717, 1.165) is 0 Å². The Bertz CT molecular complexity index is 628. The Kier molecular flexibility index (Phi) is 2.54. The van der Waals surface area contributed by atoms with Gasteiger partial charge in [0.05, 0.1) is 16.2 Å². The summed E-state index contributed by atoms with van der Waals surface area (Å²) in [6.07, 6.45) is -0.0405. The number of hydrogen-bond acceptors (Lipinski definition) is 4. The van der Waals surface area contributed by atoms with Gasteiger partial charge in [-0.3, -0.25) is 4.79 Å². The zero-order valence-corrected chi connectivity index (χ0v) is 9.87. The van der Waals surface area contributed by atoms with E-state index in [1.165, 1.54) is 19.1 Å². The maximum atomic E-state index is 11.9. The van der Waals surface area contributed by atoms with Crippen molar-refractivity contribution in [3.8, 4) is 0 Å². The minimum Gasteiger partial charge on any atom is -0.478 e. The second-order valence-electron chi connectivity index (χ2n) is 3.91. The first kappa shape index (κ1) is 11.8. The van der Waals surface area contributed by atoms with E-state index in [-0.39, 0.29) is 39.5 Å².